The van der Waals surface area contributed by atoms with Crippen molar-refractivity contribution in [1.82, 2.24) is 20.4 Å². The number of nitrogens with zero attached hydrogens (tertiary/aromatic N) is 3. The van der Waals surface area contributed by atoms with E-state index in [1.807, 2.05) is 54.6 Å². The Balaban J connectivity index is 1.51. The summed E-state index contributed by atoms with van der Waals surface area (Å²) in [5.74, 6) is 0.689. The van der Waals surface area contributed by atoms with Crippen molar-refractivity contribution in [2.45, 2.75) is 6.54 Å². The molecule has 0 saturated heterocycles. The van der Waals surface area contributed by atoms with Crippen LogP contribution in [0.4, 0.5) is 0 Å². The fourth-order valence-electron chi connectivity index (χ4n) is 2.61. The Kier molecular flexibility index (Phi) is 4.70. The molecule has 2 heterocycles. The van der Waals surface area contributed by atoms with Gasteiger partial charge in [0.05, 0.1) is 12.2 Å². The Morgan fingerprint density at radius 2 is 1.74 bits per heavy atom. The third-order valence-corrected chi connectivity index (χ3v) is 3.99. The van der Waals surface area contributed by atoms with E-state index in [9.17, 15) is 4.79 Å². The van der Waals surface area contributed by atoms with E-state index in [-0.39, 0.29) is 5.91 Å². The Bertz CT molecular complexity index is 1050. The van der Waals surface area contributed by atoms with E-state index in [4.69, 9.17) is 4.52 Å². The number of carbonyl (C=O) groups excluding carboxylic acids is 1. The molecule has 27 heavy (non-hydrogen) atoms. The summed E-state index contributed by atoms with van der Waals surface area (Å²) in [5, 5.41) is 6.88. The summed E-state index contributed by atoms with van der Waals surface area (Å²) < 4.78 is 5.37. The van der Waals surface area contributed by atoms with Gasteiger partial charge in [-0.1, -0.05) is 47.6 Å². The van der Waals surface area contributed by atoms with Crippen LogP contribution in [0.1, 0.15) is 16.1 Å². The van der Waals surface area contributed by atoms with Crippen LogP contribution < -0.4 is 5.32 Å². The van der Waals surface area contributed by atoms with Gasteiger partial charge < -0.3 is 9.84 Å². The maximum Gasteiger partial charge on any atom is 0.258 e. The predicted octanol–water partition coefficient (Wildman–Crippen LogP) is 3.73. The summed E-state index contributed by atoms with van der Waals surface area (Å²) >= 11 is 0. The average Bonchev–Trinajstić information content (AvgIpc) is 3.24. The lowest BCUT2D eigenvalue weighted by Gasteiger charge is -2.05. The van der Waals surface area contributed by atoms with Gasteiger partial charge >= 0.3 is 0 Å². The van der Waals surface area contributed by atoms with Crippen molar-refractivity contribution < 1.29 is 9.32 Å². The number of benzene rings is 2. The SMILES string of the molecule is O=C(NCc1ccccn1)c1cccc(-c2nc(-c3ccccc3)no2)c1. The van der Waals surface area contributed by atoms with Crippen molar-refractivity contribution in [2.75, 3.05) is 0 Å². The van der Waals surface area contributed by atoms with Crippen molar-refractivity contribution in [3.8, 4) is 22.8 Å². The van der Waals surface area contributed by atoms with Crippen LogP contribution in [0.15, 0.2) is 83.5 Å². The Morgan fingerprint density at radius 3 is 2.56 bits per heavy atom. The maximum absolute atomic E-state index is 12.4. The number of pyridine rings is 1. The van der Waals surface area contributed by atoms with Gasteiger partial charge in [0.2, 0.25) is 5.82 Å². The topological polar surface area (TPSA) is 80.9 Å². The third kappa shape index (κ3) is 3.90. The highest BCUT2D eigenvalue weighted by molar-refractivity contribution is 5.95. The van der Waals surface area contributed by atoms with Gasteiger partial charge in [-0.15, -0.1) is 0 Å². The van der Waals surface area contributed by atoms with Crippen LogP contribution in [0.5, 0.6) is 0 Å². The summed E-state index contributed by atoms with van der Waals surface area (Å²) in [7, 11) is 0. The van der Waals surface area contributed by atoms with Crippen LogP contribution in [0, 0.1) is 0 Å². The van der Waals surface area contributed by atoms with Crippen LogP contribution in [-0.2, 0) is 6.54 Å². The van der Waals surface area contributed by atoms with Crippen LogP contribution in [-0.4, -0.2) is 21.0 Å². The zero-order valence-electron chi connectivity index (χ0n) is 14.4. The van der Waals surface area contributed by atoms with Crippen LogP contribution in [0.3, 0.4) is 0 Å². The molecule has 6 nitrogen and oxygen atoms in total. The molecule has 0 atom stereocenters. The molecule has 0 aliphatic carbocycles. The summed E-state index contributed by atoms with van der Waals surface area (Å²) in [4.78, 5) is 21.0. The van der Waals surface area contributed by atoms with Crippen LogP contribution in [0.2, 0.25) is 0 Å². The maximum atomic E-state index is 12.4. The van der Waals surface area contributed by atoms with E-state index in [2.05, 4.69) is 20.4 Å². The van der Waals surface area contributed by atoms with Gasteiger partial charge in [0.1, 0.15) is 0 Å². The zero-order chi connectivity index (χ0) is 18.5. The third-order valence-electron chi connectivity index (χ3n) is 3.99. The molecule has 1 N–H and O–H groups in total. The van der Waals surface area contributed by atoms with Crippen LogP contribution in [0.25, 0.3) is 22.8 Å². The molecular weight excluding hydrogens is 340 g/mol. The van der Waals surface area contributed by atoms with Crippen molar-refractivity contribution in [2.24, 2.45) is 0 Å². The summed E-state index contributed by atoms with van der Waals surface area (Å²) in [6.07, 6.45) is 1.70. The van der Waals surface area contributed by atoms with Crippen molar-refractivity contribution in [3.05, 3.63) is 90.3 Å². The molecule has 132 valence electrons. The molecule has 0 radical (unpaired) electrons. The average molecular weight is 356 g/mol. The largest absolute Gasteiger partial charge is 0.346 e. The highest BCUT2D eigenvalue weighted by Gasteiger charge is 2.13. The van der Waals surface area contributed by atoms with E-state index in [0.717, 1.165) is 11.3 Å². The van der Waals surface area contributed by atoms with Crippen molar-refractivity contribution >= 4 is 5.91 Å². The first-order valence-corrected chi connectivity index (χ1v) is 8.47. The van der Waals surface area contributed by atoms with Gasteiger partial charge in [-0.05, 0) is 30.3 Å². The monoisotopic (exact) mass is 356 g/mol. The number of amides is 1. The van der Waals surface area contributed by atoms with Gasteiger partial charge in [-0.3, -0.25) is 9.78 Å². The molecular formula is C21H16N4O2. The lowest BCUT2D eigenvalue weighted by molar-refractivity contribution is 0.0950. The number of hydrogen-bond donors (Lipinski definition) is 1. The molecule has 1 amide bonds. The Hall–Kier alpha value is -3.80. The second-order valence-electron chi connectivity index (χ2n) is 5.87. The molecule has 0 saturated carbocycles. The smallest absolute Gasteiger partial charge is 0.258 e. The fourth-order valence-corrected chi connectivity index (χ4v) is 2.61. The minimum absolute atomic E-state index is 0.190. The first-order valence-electron chi connectivity index (χ1n) is 8.47. The fraction of sp³-hybridized carbons (Fsp3) is 0.0476. The lowest BCUT2D eigenvalue weighted by atomic mass is 10.1. The Morgan fingerprint density at radius 1 is 0.926 bits per heavy atom. The molecule has 4 rings (SSSR count). The number of aromatic nitrogens is 3. The van der Waals surface area contributed by atoms with Crippen molar-refractivity contribution in [1.29, 1.82) is 0 Å². The van der Waals surface area contributed by atoms with Crippen molar-refractivity contribution in [3.63, 3.8) is 0 Å². The number of nitrogens with one attached hydrogen (secondary N) is 1. The number of hydrogen-bond acceptors (Lipinski definition) is 5. The summed E-state index contributed by atoms with van der Waals surface area (Å²) in [5.41, 5.74) is 2.88. The van der Waals surface area contributed by atoms with Crippen LogP contribution >= 0.6 is 0 Å². The van der Waals surface area contributed by atoms with Gasteiger partial charge in [0.15, 0.2) is 0 Å². The molecule has 0 aliphatic heterocycles. The van der Waals surface area contributed by atoms with E-state index >= 15 is 0 Å². The highest BCUT2D eigenvalue weighted by Crippen LogP contribution is 2.22. The molecule has 4 aromatic rings. The Labute approximate surface area is 155 Å². The van der Waals surface area contributed by atoms with E-state index < -0.39 is 0 Å². The summed E-state index contributed by atoms with van der Waals surface area (Å²) in [6.45, 7) is 0.364. The molecule has 0 fully saturated rings. The minimum atomic E-state index is -0.190. The zero-order valence-corrected chi connectivity index (χ0v) is 14.4. The predicted molar refractivity (Wildman–Crippen MR) is 101 cm³/mol. The molecule has 0 aliphatic rings. The number of rotatable bonds is 5. The van der Waals surface area contributed by atoms with Gasteiger partial charge in [-0.2, -0.15) is 4.98 Å². The van der Waals surface area contributed by atoms with Gasteiger partial charge in [0.25, 0.3) is 11.8 Å². The first kappa shape index (κ1) is 16.7. The van der Waals surface area contributed by atoms with E-state index in [1.165, 1.54) is 0 Å². The molecule has 2 aromatic carbocycles. The lowest BCUT2D eigenvalue weighted by Crippen LogP contribution is -2.23. The molecule has 0 bridgehead atoms. The van der Waals surface area contributed by atoms with Gasteiger partial charge in [-0.25, -0.2) is 0 Å². The quantitative estimate of drug-likeness (QED) is 0.589. The first-order chi connectivity index (χ1) is 13.3. The van der Waals surface area contributed by atoms with E-state index in [1.54, 1.807) is 24.4 Å². The minimum Gasteiger partial charge on any atom is -0.346 e. The standard InChI is InChI=1S/C21H16N4O2/c26-20(23-14-18-11-4-5-12-22-18)16-9-6-10-17(13-16)21-24-19(25-27-21)15-7-2-1-3-8-15/h1-13H,14H2,(H,23,26). The second kappa shape index (κ2) is 7.61. The molecule has 2 aromatic heterocycles. The van der Waals surface area contributed by atoms with E-state index in [0.29, 0.717) is 29.4 Å². The van der Waals surface area contributed by atoms with Gasteiger partial charge in [0, 0.05) is 22.9 Å². The second-order valence-corrected chi connectivity index (χ2v) is 5.87. The molecule has 0 unspecified atom stereocenters. The molecule has 0 spiro atoms. The summed E-state index contributed by atoms with van der Waals surface area (Å²) in [6, 6.07) is 22.3. The molecule has 6 heteroatoms. The normalized spacial score (nSPS) is 10.5. The highest BCUT2D eigenvalue weighted by atomic mass is 16.5. The number of carbonyl (C=O) groups is 1.